The Morgan fingerprint density at radius 2 is 2.00 bits per heavy atom. The van der Waals surface area contributed by atoms with Gasteiger partial charge in [-0.05, 0) is 32.0 Å². The number of nitrogens with zero attached hydrogens (tertiary/aromatic N) is 5. The number of amides is 2. The second-order valence-electron chi connectivity index (χ2n) is 7.87. The van der Waals surface area contributed by atoms with Crippen LogP contribution in [0.15, 0.2) is 18.2 Å². The third-order valence-corrected chi connectivity index (χ3v) is 5.93. The topological polar surface area (TPSA) is 171 Å². The molecule has 2 amide bonds. The lowest BCUT2D eigenvalue weighted by molar-refractivity contribution is -0.668. The molecule has 3 rings (SSSR count). The van der Waals surface area contributed by atoms with Crippen LogP contribution in [0.1, 0.15) is 29.7 Å². The Kier molecular flexibility index (Phi) is 8.30. The predicted molar refractivity (Wildman–Crippen MR) is 133 cm³/mol. The number of benzene rings is 1. The molecule has 7 N–H and O–H groups in total. The number of fused-ring (bicyclic) bond motifs is 1. The summed E-state index contributed by atoms with van der Waals surface area (Å²) >= 11 is 5.92. The minimum Gasteiger partial charge on any atom is -0.497 e. The first-order valence-electron chi connectivity index (χ1n) is 11.1. The number of carbonyl (C=O) groups is 2. The van der Waals surface area contributed by atoms with Gasteiger partial charge >= 0.3 is 0 Å². The summed E-state index contributed by atoms with van der Waals surface area (Å²) in [5.41, 5.74) is 18.6. The number of rotatable bonds is 10. The van der Waals surface area contributed by atoms with Gasteiger partial charge in [-0.1, -0.05) is 11.6 Å². The molecule has 2 heterocycles. The second kappa shape index (κ2) is 11.2. The van der Waals surface area contributed by atoms with E-state index in [9.17, 15) is 9.59 Å². The van der Waals surface area contributed by atoms with E-state index in [2.05, 4.69) is 15.3 Å². The first-order chi connectivity index (χ1) is 16.7. The molecule has 0 unspecified atom stereocenters. The number of nitrogens with two attached hydrogens (primary N) is 3. The zero-order chi connectivity index (χ0) is 25.7. The summed E-state index contributed by atoms with van der Waals surface area (Å²) in [6, 6.07) is 5.62. The molecule has 0 fully saturated rings. The standard InChI is InChI=1S/C22H30ClN9O3/c1-4-31-15-10-13(35-3)6-7-14(15)32(12-17(33)30(2)9-5-8-24)16(31)11-27-22(34)18-20(25)29-21(26)19(23)28-18/h6-7,10H,4-5,8-9,11-12,24H2,1-3H3,(H4-,25,26,27,29,34)/p+1. The van der Waals surface area contributed by atoms with Crippen molar-refractivity contribution in [2.75, 3.05) is 38.7 Å². The van der Waals surface area contributed by atoms with Crippen molar-refractivity contribution in [3.63, 3.8) is 0 Å². The van der Waals surface area contributed by atoms with Crippen molar-refractivity contribution in [2.24, 2.45) is 5.73 Å². The average molecular weight is 505 g/mol. The van der Waals surface area contributed by atoms with Gasteiger partial charge in [0.05, 0.1) is 13.7 Å². The van der Waals surface area contributed by atoms with Crippen molar-refractivity contribution in [1.29, 1.82) is 0 Å². The molecule has 0 saturated carbocycles. The Balaban J connectivity index is 1.99. The fraction of sp³-hybridized carbons (Fsp3) is 0.409. The molecule has 35 heavy (non-hydrogen) atoms. The van der Waals surface area contributed by atoms with Crippen molar-refractivity contribution in [3.8, 4) is 5.75 Å². The second-order valence-corrected chi connectivity index (χ2v) is 8.23. The fourth-order valence-corrected chi connectivity index (χ4v) is 3.91. The van der Waals surface area contributed by atoms with Crippen molar-refractivity contribution in [2.45, 2.75) is 33.0 Å². The SMILES string of the molecule is CCn1c(CNC(=O)c2nc(Cl)c(N)nc2N)[n+](CC(=O)N(C)CCCN)c2ccc(OC)cc21. The van der Waals surface area contributed by atoms with Crippen LogP contribution >= 0.6 is 11.6 Å². The average Bonchev–Trinajstić information content (AvgIpc) is 3.14. The largest absolute Gasteiger partial charge is 0.497 e. The summed E-state index contributed by atoms with van der Waals surface area (Å²) in [5, 5.41) is 2.70. The van der Waals surface area contributed by atoms with Gasteiger partial charge in [0.2, 0.25) is 0 Å². The number of anilines is 2. The molecule has 0 spiro atoms. The highest BCUT2D eigenvalue weighted by Crippen LogP contribution is 2.22. The minimum atomic E-state index is -0.569. The van der Waals surface area contributed by atoms with E-state index in [1.165, 1.54) is 0 Å². The smallest absolute Gasteiger partial charge is 0.277 e. The molecule has 0 atom stereocenters. The third kappa shape index (κ3) is 5.54. The van der Waals surface area contributed by atoms with Crippen LogP contribution in [-0.4, -0.2) is 58.5 Å². The number of aromatic nitrogens is 4. The van der Waals surface area contributed by atoms with Crippen molar-refractivity contribution >= 4 is 46.1 Å². The molecule has 188 valence electrons. The van der Waals surface area contributed by atoms with Gasteiger partial charge in [-0.3, -0.25) is 9.59 Å². The molecule has 0 saturated heterocycles. The van der Waals surface area contributed by atoms with Gasteiger partial charge in [0.25, 0.3) is 17.6 Å². The number of imidazole rings is 1. The molecular weight excluding hydrogens is 474 g/mol. The summed E-state index contributed by atoms with van der Waals surface area (Å²) in [6.45, 7) is 3.79. The first-order valence-corrected chi connectivity index (χ1v) is 11.5. The Hall–Kier alpha value is -3.64. The van der Waals surface area contributed by atoms with Crippen LogP contribution < -0.4 is 31.8 Å². The van der Waals surface area contributed by atoms with E-state index in [0.29, 0.717) is 37.6 Å². The number of ether oxygens (including phenoxy) is 1. The van der Waals surface area contributed by atoms with E-state index in [-0.39, 0.29) is 41.5 Å². The summed E-state index contributed by atoms with van der Waals surface area (Å²) in [7, 11) is 3.34. The van der Waals surface area contributed by atoms with Crippen LogP contribution in [0.2, 0.25) is 5.15 Å². The molecule has 0 aliphatic rings. The number of methoxy groups -OCH3 is 1. The van der Waals surface area contributed by atoms with Gasteiger partial charge in [-0.25, -0.2) is 19.1 Å². The Morgan fingerprint density at radius 3 is 2.66 bits per heavy atom. The van der Waals surface area contributed by atoms with Crippen LogP contribution in [0, 0.1) is 0 Å². The molecule has 1 aromatic carbocycles. The quantitative estimate of drug-likeness (QED) is 0.285. The molecular formula is C22H31ClN9O3+. The number of halogens is 1. The number of aryl methyl sites for hydroxylation is 1. The fourth-order valence-electron chi connectivity index (χ4n) is 3.78. The number of likely N-dealkylation sites (N-methyl/N-ethyl adjacent to an activating group) is 1. The zero-order valence-corrected chi connectivity index (χ0v) is 20.8. The van der Waals surface area contributed by atoms with Gasteiger partial charge in [0, 0.05) is 19.7 Å². The van der Waals surface area contributed by atoms with Crippen LogP contribution in [0.25, 0.3) is 11.0 Å². The summed E-state index contributed by atoms with van der Waals surface area (Å²) in [4.78, 5) is 35.3. The number of nitrogens with one attached hydrogen (secondary N) is 1. The summed E-state index contributed by atoms with van der Waals surface area (Å²) in [6.07, 6.45) is 0.705. The molecule has 0 bridgehead atoms. The Morgan fingerprint density at radius 1 is 1.26 bits per heavy atom. The van der Waals surface area contributed by atoms with Gasteiger partial charge in [-0.15, -0.1) is 0 Å². The maximum absolute atomic E-state index is 13.0. The molecule has 12 nitrogen and oxygen atoms in total. The van der Waals surface area contributed by atoms with Gasteiger partial charge in [0.1, 0.15) is 12.3 Å². The van der Waals surface area contributed by atoms with E-state index in [0.717, 1.165) is 11.0 Å². The number of carbonyl (C=O) groups excluding carboxylic acids is 2. The lowest BCUT2D eigenvalue weighted by atomic mass is 10.3. The Bertz CT molecular complexity index is 1240. The highest BCUT2D eigenvalue weighted by atomic mass is 35.5. The van der Waals surface area contributed by atoms with Crippen molar-refractivity contribution < 1.29 is 18.9 Å². The first kappa shape index (κ1) is 26.0. The monoisotopic (exact) mass is 504 g/mol. The normalized spacial score (nSPS) is 11.0. The lowest BCUT2D eigenvalue weighted by Gasteiger charge is -2.16. The number of nitrogen functional groups attached to an aromatic ring is 2. The zero-order valence-electron chi connectivity index (χ0n) is 20.0. The highest BCUT2D eigenvalue weighted by molar-refractivity contribution is 6.31. The Labute approximate surface area is 208 Å². The highest BCUT2D eigenvalue weighted by Gasteiger charge is 2.28. The lowest BCUT2D eigenvalue weighted by Crippen LogP contribution is -2.47. The predicted octanol–water partition coefficient (Wildman–Crippen LogP) is 0.302. The molecule has 2 aromatic heterocycles. The summed E-state index contributed by atoms with van der Waals surface area (Å²) < 4.78 is 9.28. The van der Waals surface area contributed by atoms with Crippen LogP contribution in [-0.2, 0) is 24.4 Å². The van der Waals surface area contributed by atoms with Gasteiger partial charge in [-0.2, -0.15) is 0 Å². The third-order valence-electron chi connectivity index (χ3n) is 5.65. The number of hydrogen-bond acceptors (Lipinski definition) is 8. The molecule has 13 heteroatoms. The van der Waals surface area contributed by atoms with E-state index in [1.807, 2.05) is 34.3 Å². The van der Waals surface area contributed by atoms with E-state index >= 15 is 0 Å². The maximum Gasteiger partial charge on any atom is 0.277 e. The van der Waals surface area contributed by atoms with Crippen molar-refractivity contribution in [3.05, 3.63) is 34.9 Å². The molecule has 0 aliphatic heterocycles. The maximum atomic E-state index is 13.0. The number of hydrogen-bond donors (Lipinski definition) is 4. The van der Waals surface area contributed by atoms with Gasteiger partial charge < -0.3 is 32.2 Å². The van der Waals surface area contributed by atoms with Crippen LogP contribution in [0.3, 0.4) is 0 Å². The van der Waals surface area contributed by atoms with Crippen molar-refractivity contribution in [1.82, 2.24) is 24.8 Å². The molecule has 3 aromatic rings. The van der Waals surface area contributed by atoms with Gasteiger partial charge in [0.15, 0.2) is 40.1 Å². The van der Waals surface area contributed by atoms with Crippen LogP contribution in [0.4, 0.5) is 11.6 Å². The van der Waals surface area contributed by atoms with E-state index in [4.69, 9.17) is 33.5 Å². The van der Waals surface area contributed by atoms with E-state index < -0.39 is 5.91 Å². The van der Waals surface area contributed by atoms with E-state index in [1.54, 1.807) is 19.1 Å². The molecule has 0 aliphatic carbocycles. The minimum absolute atomic E-state index is 0.0594. The molecule has 0 radical (unpaired) electrons. The van der Waals surface area contributed by atoms with Crippen LogP contribution in [0.5, 0.6) is 5.75 Å². The summed E-state index contributed by atoms with van der Waals surface area (Å²) in [5.74, 6) is 0.546.